The van der Waals surface area contributed by atoms with Gasteiger partial charge in [0.15, 0.2) is 0 Å². The first-order valence-corrected chi connectivity index (χ1v) is 6.86. The Hall–Kier alpha value is -1.22. The van der Waals surface area contributed by atoms with Crippen molar-refractivity contribution in [1.29, 1.82) is 0 Å². The van der Waals surface area contributed by atoms with Crippen molar-refractivity contribution in [2.45, 2.75) is 39.3 Å². The molecular weight excluding hydrogens is 224 g/mol. The van der Waals surface area contributed by atoms with E-state index < -0.39 is 0 Å². The average Bonchev–Trinajstić information content (AvgIpc) is 2.89. The quantitative estimate of drug-likeness (QED) is 0.867. The standard InChI is InChI=1S/C15H24N2O/c1-12(2)16-11-13-6-7-14(15(10-13)18-3)17-8-4-5-9-17/h6-7,10,12,16H,4-5,8-9,11H2,1-3H3. The number of hydrogen-bond acceptors (Lipinski definition) is 3. The number of rotatable bonds is 5. The van der Waals surface area contributed by atoms with Gasteiger partial charge in [0.1, 0.15) is 5.75 Å². The average molecular weight is 248 g/mol. The minimum Gasteiger partial charge on any atom is -0.495 e. The van der Waals surface area contributed by atoms with Crippen molar-refractivity contribution in [2.24, 2.45) is 0 Å². The van der Waals surface area contributed by atoms with Crippen LogP contribution in [-0.4, -0.2) is 26.2 Å². The predicted octanol–water partition coefficient (Wildman–Crippen LogP) is 2.79. The molecule has 100 valence electrons. The Kier molecular flexibility index (Phi) is 4.48. The summed E-state index contributed by atoms with van der Waals surface area (Å²) in [6, 6.07) is 7.06. The van der Waals surface area contributed by atoms with E-state index in [0.717, 1.165) is 25.4 Å². The molecule has 0 spiro atoms. The summed E-state index contributed by atoms with van der Waals surface area (Å²) in [5.41, 5.74) is 2.52. The number of nitrogens with zero attached hydrogens (tertiary/aromatic N) is 1. The van der Waals surface area contributed by atoms with Gasteiger partial charge >= 0.3 is 0 Å². The van der Waals surface area contributed by atoms with Gasteiger partial charge in [0.25, 0.3) is 0 Å². The van der Waals surface area contributed by atoms with Crippen LogP contribution in [0.2, 0.25) is 0 Å². The highest BCUT2D eigenvalue weighted by molar-refractivity contribution is 5.60. The second-order valence-electron chi connectivity index (χ2n) is 5.24. The van der Waals surface area contributed by atoms with E-state index in [2.05, 4.69) is 42.3 Å². The molecule has 1 aliphatic rings. The fourth-order valence-corrected chi connectivity index (χ4v) is 2.37. The topological polar surface area (TPSA) is 24.5 Å². The largest absolute Gasteiger partial charge is 0.495 e. The molecule has 0 aromatic heterocycles. The Balaban J connectivity index is 2.12. The van der Waals surface area contributed by atoms with E-state index in [0.29, 0.717) is 6.04 Å². The summed E-state index contributed by atoms with van der Waals surface area (Å²) in [6.45, 7) is 7.53. The molecule has 1 saturated heterocycles. The van der Waals surface area contributed by atoms with Crippen molar-refractivity contribution in [3.05, 3.63) is 23.8 Å². The minimum absolute atomic E-state index is 0.509. The Morgan fingerprint density at radius 3 is 2.61 bits per heavy atom. The van der Waals surface area contributed by atoms with Crippen LogP contribution in [0.3, 0.4) is 0 Å². The maximum absolute atomic E-state index is 5.54. The zero-order chi connectivity index (χ0) is 13.0. The lowest BCUT2D eigenvalue weighted by atomic mass is 10.1. The Morgan fingerprint density at radius 1 is 1.28 bits per heavy atom. The molecular formula is C15H24N2O. The summed E-state index contributed by atoms with van der Waals surface area (Å²) >= 11 is 0. The molecule has 1 aromatic rings. The molecule has 0 amide bonds. The molecule has 0 bridgehead atoms. The highest BCUT2D eigenvalue weighted by atomic mass is 16.5. The van der Waals surface area contributed by atoms with Gasteiger partial charge in [-0.25, -0.2) is 0 Å². The molecule has 0 saturated carbocycles. The summed E-state index contributed by atoms with van der Waals surface area (Å²) in [7, 11) is 1.76. The van der Waals surface area contributed by atoms with Crippen LogP contribution in [0.4, 0.5) is 5.69 Å². The Bertz CT molecular complexity index is 384. The fourth-order valence-electron chi connectivity index (χ4n) is 2.37. The van der Waals surface area contributed by atoms with Crippen LogP contribution in [0, 0.1) is 0 Å². The van der Waals surface area contributed by atoms with Crippen LogP contribution in [0.15, 0.2) is 18.2 Å². The number of ether oxygens (including phenoxy) is 1. The molecule has 1 heterocycles. The first-order valence-electron chi connectivity index (χ1n) is 6.86. The van der Waals surface area contributed by atoms with Gasteiger partial charge in [0.2, 0.25) is 0 Å². The fraction of sp³-hybridized carbons (Fsp3) is 0.600. The first-order chi connectivity index (χ1) is 8.70. The molecule has 0 unspecified atom stereocenters. The molecule has 2 rings (SSSR count). The van der Waals surface area contributed by atoms with Gasteiger partial charge in [-0.3, -0.25) is 0 Å². The van der Waals surface area contributed by atoms with Crippen molar-refractivity contribution in [3.63, 3.8) is 0 Å². The number of hydrogen-bond donors (Lipinski definition) is 1. The van der Waals surface area contributed by atoms with Gasteiger partial charge < -0.3 is 15.0 Å². The maximum atomic E-state index is 5.54. The van der Waals surface area contributed by atoms with Gasteiger partial charge in [-0.1, -0.05) is 19.9 Å². The van der Waals surface area contributed by atoms with E-state index in [9.17, 15) is 0 Å². The van der Waals surface area contributed by atoms with Crippen LogP contribution in [0.5, 0.6) is 5.75 Å². The lowest BCUT2D eigenvalue weighted by molar-refractivity contribution is 0.414. The summed E-state index contributed by atoms with van der Waals surface area (Å²) in [6.07, 6.45) is 2.58. The zero-order valence-corrected chi connectivity index (χ0v) is 11.7. The first kappa shape index (κ1) is 13.2. The Labute approximate surface area is 110 Å². The van der Waals surface area contributed by atoms with E-state index >= 15 is 0 Å². The Morgan fingerprint density at radius 2 is 2.00 bits per heavy atom. The van der Waals surface area contributed by atoms with Crippen LogP contribution in [-0.2, 0) is 6.54 Å². The number of anilines is 1. The molecule has 3 nitrogen and oxygen atoms in total. The monoisotopic (exact) mass is 248 g/mol. The molecule has 1 aromatic carbocycles. The maximum Gasteiger partial charge on any atom is 0.142 e. The molecule has 1 aliphatic heterocycles. The van der Waals surface area contributed by atoms with Gasteiger partial charge in [-0.2, -0.15) is 0 Å². The van der Waals surface area contributed by atoms with Gasteiger partial charge in [0.05, 0.1) is 12.8 Å². The normalized spacial score (nSPS) is 15.4. The second-order valence-corrected chi connectivity index (χ2v) is 5.24. The second kappa shape index (κ2) is 6.10. The van der Waals surface area contributed by atoms with Crippen molar-refractivity contribution < 1.29 is 4.74 Å². The lowest BCUT2D eigenvalue weighted by Gasteiger charge is -2.21. The highest BCUT2D eigenvalue weighted by Crippen LogP contribution is 2.31. The molecule has 0 atom stereocenters. The SMILES string of the molecule is COc1cc(CNC(C)C)ccc1N1CCCC1. The third-order valence-electron chi connectivity index (χ3n) is 3.41. The highest BCUT2D eigenvalue weighted by Gasteiger charge is 2.16. The van der Waals surface area contributed by atoms with Gasteiger partial charge in [-0.05, 0) is 30.5 Å². The number of nitrogens with one attached hydrogen (secondary N) is 1. The van der Waals surface area contributed by atoms with Crippen LogP contribution < -0.4 is 15.0 Å². The summed E-state index contributed by atoms with van der Waals surface area (Å²) in [5.74, 6) is 1.000. The van der Waals surface area contributed by atoms with E-state index in [1.54, 1.807) is 7.11 Å². The van der Waals surface area contributed by atoms with Gasteiger partial charge in [-0.15, -0.1) is 0 Å². The van der Waals surface area contributed by atoms with Crippen molar-refractivity contribution in [1.82, 2.24) is 5.32 Å². The molecule has 18 heavy (non-hydrogen) atoms. The molecule has 1 N–H and O–H groups in total. The third kappa shape index (κ3) is 3.16. The smallest absolute Gasteiger partial charge is 0.142 e. The summed E-state index contributed by atoms with van der Waals surface area (Å²) in [5, 5.41) is 3.43. The van der Waals surface area contributed by atoms with E-state index in [1.165, 1.54) is 24.1 Å². The number of methoxy groups -OCH3 is 1. The summed E-state index contributed by atoms with van der Waals surface area (Å²) < 4.78 is 5.54. The third-order valence-corrected chi connectivity index (χ3v) is 3.41. The zero-order valence-electron chi connectivity index (χ0n) is 11.7. The predicted molar refractivity (Wildman–Crippen MR) is 76.4 cm³/mol. The van der Waals surface area contributed by atoms with E-state index in [1.807, 2.05) is 0 Å². The number of benzene rings is 1. The molecule has 3 heteroatoms. The van der Waals surface area contributed by atoms with E-state index in [4.69, 9.17) is 4.74 Å². The van der Waals surface area contributed by atoms with Crippen molar-refractivity contribution >= 4 is 5.69 Å². The van der Waals surface area contributed by atoms with Crippen molar-refractivity contribution in [2.75, 3.05) is 25.1 Å². The van der Waals surface area contributed by atoms with Crippen molar-refractivity contribution in [3.8, 4) is 5.75 Å². The van der Waals surface area contributed by atoms with E-state index in [-0.39, 0.29) is 0 Å². The van der Waals surface area contributed by atoms with Crippen LogP contribution in [0.25, 0.3) is 0 Å². The summed E-state index contributed by atoms with van der Waals surface area (Å²) in [4.78, 5) is 2.42. The molecule has 0 aliphatic carbocycles. The minimum atomic E-state index is 0.509. The lowest BCUT2D eigenvalue weighted by Crippen LogP contribution is -2.22. The van der Waals surface area contributed by atoms with Crippen LogP contribution in [0.1, 0.15) is 32.3 Å². The van der Waals surface area contributed by atoms with Crippen LogP contribution >= 0.6 is 0 Å². The molecule has 0 radical (unpaired) electrons. The van der Waals surface area contributed by atoms with Gasteiger partial charge in [0, 0.05) is 25.7 Å². The molecule has 1 fully saturated rings.